The molecule has 0 bridgehead atoms. The van der Waals surface area contributed by atoms with Crippen LogP contribution < -0.4 is 4.90 Å². The van der Waals surface area contributed by atoms with Crippen molar-refractivity contribution < 1.29 is 8.42 Å². The standard InChI is InChI=1S/C8H12BrN3O2S/c1-11-8(6-7(9)10-11)12-2-4-15(13,14)5-3-12/h6H,2-5H2,1H3. The lowest BCUT2D eigenvalue weighted by Crippen LogP contribution is -2.41. The fourth-order valence-electron chi connectivity index (χ4n) is 1.66. The molecule has 15 heavy (non-hydrogen) atoms. The number of hydrogen-bond donors (Lipinski definition) is 0. The van der Waals surface area contributed by atoms with E-state index in [4.69, 9.17) is 0 Å². The molecule has 5 nitrogen and oxygen atoms in total. The quantitative estimate of drug-likeness (QED) is 0.753. The number of halogens is 1. The molecular weight excluding hydrogens is 282 g/mol. The van der Waals surface area contributed by atoms with E-state index < -0.39 is 9.84 Å². The predicted octanol–water partition coefficient (Wildman–Crippen LogP) is 0.417. The molecule has 2 heterocycles. The number of aromatic nitrogens is 2. The highest BCUT2D eigenvalue weighted by Crippen LogP contribution is 2.20. The molecule has 0 atom stereocenters. The van der Waals surface area contributed by atoms with E-state index in [2.05, 4.69) is 21.0 Å². The van der Waals surface area contributed by atoms with Gasteiger partial charge < -0.3 is 4.90 Å². The van der Waals surface area contributed by atoms with Gasteiger partial charge in [-0.3, -0.25) is 4.68 Å². The number of hydrogen-bond acceptors (Lipinski definition) is 4. The summed E-state index contributed by atoms with van der Waals surface area (Å²) in [5.41, 5.74) is 0. The molecule has 0 saturated carbocycles. The Kier molecular flexibility index (Phi) is 2.76. The van der Waals surface area contributed by atoms with Gasteiger partial charge in [-0.25, -0.2) is 8.42 Å². The third kappa shape index (κ3) is 2.34. The topological polar surface area (TPSA) is 55.2 Å². The Morgan fingerprint density at radius 1 is 1.40 bits per heavy atom. The van der Waals surface area contributed by atoms with E-state index in [0.717, 1.165) is 10.4 Å². The first-order valence-corrected chi connectivity index (χ1v) is 7.24. The summed E-state index contributed by atoms with van der Waals surface area (Å²) < 4.78 is 25.0. The SMILES string of the molecule is Cn1nc(Br)cc1N1CCS(=O)(=O)CC1. The van der Waals surface area contributed by atoms with E-state index >= 15 is 0 Å². The second-order valence-corrected chi connectivity index (χ2v) is 6.70. The van der Waals surface area contributed by atoms with Gasteiger partial charge in [-0.2, -0.15) is 5.10 Å². The molecule has 0 amide bonds. The van der Waals surface area contributed by atoms with Gasteiger partial charge in [0.05, 0.1) is 11.5 Å². The van der Waals surface area contributed by atoms with Crippen molar-refractivity contribution >= 4 is 31.6 Å². The second kappa shape index (κ2) is 3.79. The molecule has 1 aromatic heterocycles. The Morgan fingerprint density at radius 3 is 2.47 bits per heavy atom. The summed E-state index contributed by atoms with van der Waals surface area (Å²) in [4.78, 5) is 2.04. The summed E-state index contributed by atoms with van der Waals surface area (Å²) >= 11 is 3.30. The summed E-state index contributed by atoms with van der Waals surface area (Å²) in [6, 6.07) is 1.90. The molecule has 0 N–H and O–H groups in total. The van der Waals surface area contributed by atoms with Crippen molar-refractivity contribution in [3.8, 4) is 0 Å². The van der Waals surface area contributed by atoms with Crippen molar-refractivity contribution in [2.24, 2.45) is 7.05 Å². The van der Waals surface area contributed by atoms with Crippen LogP contribution >= 0.6 is 15.9 Å². The van der Waals surface area contributed by atoms with Crippen LogP contribution in [0.15, 0.2) is 10.7 Å². The van der Waals surface area contributed by atoms with E-state index in [0.29, 0.717) is 13.1 Å². The monoisotopic (exact) mass is 293 g/mol. The minimum Gasteiger partial charge on any atom is -0.355 e. The molecule has 0 aromatic carbocycles. The molecule has 1 saturated heterocycles. The van der Waals surface area contributed by atoms with Gasteiger partial charge in [0.1, 0.15) is 10.4 Å². The lowest BCUT2D eigenvalue weighted by Gasteiger charge is -2.28. The summed E-state index contributed by atoms with van der Waals surface area (Å²) in [6.45, 7) is 1.10. The fraction of sp³-hybridized carbons (Fsp3) is 0.625. The van der Waals surface area contributed by atoms with Crippen LogP contribution in [0.25, 0.3) is 0 Å². The van der Waals surface area contributed by atoms with Crippen LogP contribution in [0.2, 0.25) is 0 Å². The van der Waals surface area contributed by atoms with Crippen LogP contribution in [0.5, 0.6) is 0 Å². The largest absolute Gasteiger partial charge is 0.355 e. The smallest absolute Gasteiger partial charge is 0.153 e. The summed E-state index contributed by atoms with van der Waals surface area (Å²) in [5.74, 6) is 1.42. The first kappa shape index (κ1) is 10.9. The van der Waals surface area contributed by atoms with Gasteiger partial charge in [0.2, 0.25) is 0 Å². The maximum atomic E-state index is 11.3. The van der Waals surface area contributed by atoms with Crippen molar-refractivity contribution in [3.05, 3.63) is 10.7 Å². The maximum Gasteiger partial charge on any atom is 0.153 e. The summed E-state index contributed by atoms with van der Waals surface area (Å²) in [5, 5.41) is 4.16. The van der Waals surface area contributed by atoms with Gasteiger partial charge in [0, 0.05) is 26.2 Å². The lowest BCUT2D eigenvalue weighted by atomic mass is 10.4. The zero-order valence-corrected chi connectivity index (χ0v) is 10.8. The molecule has 0 spiro atoms. The number of rotatable bonds is 1. The molecule has 1 fully saturated rings. The van der Waals surface area contributed by atoms with Crippen LogP contribution in [0.1, 0.15) is 0 Å². The Bertz CT molecular complexity index is 454. The molecular formula is C8H12BrN3O2S. The second-order valence-electron chi connectivity index (χ2n) is 3.59. The number of aryl methyl sites for hydroxylation is 1. The molecule has 7 heteroatoms. The van der Waals surface area contributed by atoms with Gasteiger partial charge in [0.15, 0.2) is 9.84 Å². The van der Waals surface area contributed by atoms with Crippen molar-refractivity contribution in [2.75, 3.05) is 29.5 Å². The van der Waals surface area contributed by atoms with Gasteiger partial charge >= 0.3 is 0 Å². The lowest BCUT2D eigenvalue weighted by molar-refractivity contribution is 0.584. The molecule has 2 rings (SSSR count). The Balaban J connectivity index is 2.17. The highest BCUT2D eigenvalue weighted by molar-refractivity contribution is 9.10. The van der Waals surface area contributed by atoms with Crippen LogP contribution in [0, 0.1) is 0 Å². The Hall–Kier alpha value is -0.560. The Morgan fingerprint density at radius 2 is 2.00 bits per heavy atom. The van der Waals surface area contributed by atoms with E-state index in [1.165, 1.54) is 0 Å². The Labute approximate surface area is 97.1 Å². The van der Waals surface area contributed by atoms with Gasteiger partial charge in [-0.1, -0.05) is 0 Å². The molecule has 0 unspecified atom stereocenters. The third-order valence-corrected chi connectivity index (χ3v) is 4.49. The van der Waals surface area contributed by atoms with Gasteiger partial charge in [-0.15, -0.1) is 0 Å². The maximum absolute atomic E-state index is 11.3. The van der Waals surface area contributed by atoms with Crippen LogP contribution in [0.4, 0.5) is 5.82 Å². The summed E-state index contributed by atoms with van der Waals surface area (Å²) in [7, 11) is -0.962. The van der Waals surface area contributed by atoms with Crippen molar-refractivity contribution in [1.29, 1.82) is 0 Å². The summed E-state index contributed by atoms with van der Waals surface area (Å²) in [6.07, 6.45) is 0. The first-order chi connectivity index (χ1) is 6.98. The van der Waals surface area contributed by atoms with Crippen molar-refractivity contribution in [1.82, 2.24) is 9.78 Å². The minimum atomic E-state index is -2.81. The molecule has 1 aliphatic rings. The molecule has 84 valence electrons. The highest BCUT2D eigenvalue weighted by Gasteiger charge is 2.23. The number of sulfone groups is 1. The van der Waals surface area contributed by atoms with Gasteiger partial charge in [0.25, 0.3) is 0 Å². The van der Waals surface area contributed by atoms with E-state index in [9.17, 15) is 8.42 Å². The first-order valence-electron chi connectivity index (χ1n) is 4.63. The molecule has 0 radical (unpaired) electrons. The third-order valence-electron chi connectivity index (χ3n) is 2.49. The zero-order chi connectivity index (χ0) is 11.1. The van der Waals surface area contributed by atoms with Gasteiger partial charge in [-0.05, 0) is 15.9 Å². The van der Waals surface area contributed by atoms with Crippen LogP contribution in [-0.4, -0.2) is 42.8 Å². The van der Waals surface area contributed by atoms with Crippen LogP contribution in [0.3, 0.4) is 0 Å². The normalized spacial score (nSPS) is 20.5. The predicted molar refractivity (Wildman–Crippen MR) is 61.8 cm³/mol. The molecule has 1 aliphatic heterocycles. The zero-order valence-electron chi connectivity index (χ0n) is 8.35. The highest BCUT2D eigenvalue weighted by atomic mass is 79.9. The van der Waals surface area contributed by atoms with Crippen molar-refractivity contribution in [3.63, 3.8) is 0 Å². The number of nitrogens with zero attached hydrogens (tertiary/aromatic N) is 3. The van der Waals surface area contributed by atoms with E-state index in [1.54, 1.807) is 4.68 Å². The van der Waals surface area contributed by atoms with Crippen molar-refractivity contribution in [2.45, 2.75) is 0 Å². The average Bonchev–Trinajstić information content (AvgIpc) is 2.45. The number of anilines is 1. The molecule has 1 aromatic rings. The van der Waals surface area contributed by atoms with E-state index in [-0.39, 0.29) is 11.5 Å². The van der Waals surface area contributed by atoms with E-state index in [1.807, 2.05) is 18.0 Å². The fourth-order valence-corrected chi connectivity index (χ4v) is 3.30. The minimum absolute atomic E-state index is 0.232. The molecule has 0 aliphatic carbocycles. The van der Waals surface area contributed by atoms with Crippen LogP contribution in [-0.2, 0) is 16.9 Å². The average molecular weight is 294 g/mol.